The molecule has 23 heavy (non-hydrogen) atoms. The lowest BCUT2D eigenvalue weighted by Crippen LogP contribution is -2.45. The second-order valence-electron chi connectivity index (χ2n) is 5.71. The normalized spacial score (nSPS) is 13.0. The van der Waals surface area contributed by atoms with Gasteiger partial charge in [0.05, 0.1) is 6.04 Å². The predicted octanol–water partition coefficient (Wildman–Crippen LogP) is 3.77. The molecule has 0 bridgehead atoms. The van der Waals surface area contributed by atoms with Crippen molar-refractivity contribution >= 4 is 18.3 Å². The van der Waals surface area contributed by atoms with E-state index < -0.39 is 0 Å². The third-order valence-electron chi connectivity index (χ3n) is 4.11. The van der Waals surface area contributed by atoms with Crippen LogP contribution in [0.5, 0.6) is 0 Å². The molecule has 0 aliphatic heterocycles. The molecule has 0 spiro atoms. The van der Waals surface area contributed by atoms with Gasteiger partial charge in [0.25, 0.3) is 0 Å². The van der Waals surface area contributed by atoms with E-state index in [-0.39, 0.29) is 30.3 Å². The molecule has 2 aromatic rings. The smallest absolute Gasteiger partial charge is 0.234 e. The molecule has 124 valence electrons. The number of rotatable bonds is 7. The summed E-state index contributed by atoms with van der Waals surface area (Å²) in [6, 6.07) is 18.4. The summed E-state index contributed by atoms with van der Waals surface area (Å²) in [7, 11) is 0. The van der Waals surface area contributed by atoms with Crippen LogP contribution >= 0.6 is 12.4 Å². The Morgan fingerprint density at radius 3 is 2.13 bits per heavy atom. The van der Waals surface area contributed by atoms with Crippen LogP contribution in [0.1, 0.15) is 25.8 Å². The number of primary amides is 1. The molecule has 0 heterocycles. The van der Waals surface area contributed by atoms with Crippen LogP contribution < -0.4 is 11.1 Å². The van der Waals surface area contributed by atoms with Crippen LogP contribution in [-0.4, -0.2) is 11.9 Å². The van der Waals surface area contributed by atoms with E-state index in [2.05, 4.69) is 48.6 Å². The van der Waals surface area contributed by atoms with E-state index in [1.165, 1.54) is 11.1 Å². The lowest BCUT2D eigenvalue weighted by atomic mass is 9.98. The quantitative estimate of drug-likeness (QED) is 0.811. The fourth-order valence-electron chi connectivity index (χ4n) is 2.49. The second kappa shape index (κ2) is 9.33. The van der Waals surface area contributed by atoms with Gasteiger partial charge in [0.15, 0.2) is 0 Å². The van der Waals surface area contributed by atoms with Crippen molar-refractivity contribution in [1.29, 1.82) is 0 Å². The van der Waals surface area contributed by atoms with Crippen molar-refractivity contribution in [1.82, 2.24) is 5.32 Å². The lowest BCUT2D eigenvalue weighted by Gasteiger charge is -2.21. The van der Waals surface area contributed by atoms with Gasteiger partial charge in [-0.25, -0.2) is 0 Å². The van der Waals surface area contributed by atoms with Crippen molar-refractivity contribution in [3.63, 3.8) is 0 Å². The van der Waals surface area contributed by atoms with Gasteiger partial charge in [0.2, 0.25) is 5.91 Å². The number of carbonyl (C=O) groups excluding carboxylic acids is 1. The zero-order valence-corrected chi connectivity index (χ0v) is 14.5. The van der Waals surface area contributed by atoms with E-state index in [1.807, 2.05) is 25.1 Å². The maximum Gasteiger partial charge on any atom is 0.234 e. The topological polar surface area (TPSA) is 55.1 Å². The maximum atomic E-state index is 11.5. The zero-order chi connectivity index (χ0) is 15.9. The van der Waals surface area contributed by atoms with E-state index >= 15 is 0 Å². The van der Waals surface area contributed by atoms with Gasteiger partial charge in [0, 0.05) is 6.54 Å². The Morgan fingerprint density at radius 1 is 1.04 bits per heavy atom. The summed E-state index contributed by atoms with van der Waals surface area (Å²) in [6.07, 6.45) is 0.924. The fraction of sp³-hybridized carbons (Fsp3) is 0.316. The third kappa shape index (κ3) is 5.38. The Balaban J connectivity index is 0.00000264. The van der Waals surface area contributed by atoms with E-state index in [1.54, 1.807) is 0 Å². The van der Waals surface area contributed by atoms with E-state index in [4.69, 9.17) is 5.73 Å². The number of hydrogen-bond acceptors (Lipinski definition) is 2. The Bertz CT molecular complexity index is 599. The van der Waals surface area contributed by atoms with Gasteiger partial charge in [-0.2, -0.15) is 0 Å². The van der Waals surface area contributed by atoms with Gasteiger partial charge in [-0.3, -0.25) is 4.79 Å². The van der Waals surface area contributed by atoms with Crippen molar-refractivity contribution in [2.24, 2.45) is 11.7 Å². The highest BCUT2D eigenvalue weighted by Crippen LogP contribution is 2.19. The summed E-state index contributed by atoms with van der Waals surface area (Å²) in [5.41, 5.74) is 9.02. The molecule has 4 heteroatoms. The van der Waals surface area contributed by atoms with E-state index in [0.29, 0.717) is 6.54 Å². The minimum absolute atomic E-state index is 0. The highest BCUT2D eigenvalue weighted by Gasteiger charge is 2.20. The Hall–Kier alpha value is -1.84. The van der Waals surface area contributed by atoms with Gasteiger partial charge in [-0.1, -0.05) is 74.9 Å². The van der Waals surface area contributed by atoms with Crippen LogP contribution in [0.4, 0.5) is 0 Å². The molecule has 2 aromatic carbocycles. The zero-order valence-electron chi connectivity index (χ0n) is 13.7. The van der Waals surface area contributed by atoms with Crippen LogP contribution in [0, 0.1) is 5.92 Å². The third-order valence-corrected chi connectivity index (χ3v) is 4.11. The SMILES string of the molecule is CC[C@H](C)[C@H](NCc1ccc(-c2ccccc2)cc1)C(N)=O.Cl. The minimum Gasteiger partial charge on any atom is -0.368 e. The summed E-state index contributed by atoms with van der Waals surface area (Å²) in [6.45, 7) is 4.75. The van der Waals surface area contributed by atoms with Gasteiger partial charge >= 0.3 is 0 Å². The largest absolute Gasteiger partial charge is 0.368 e. The molecule has 0 radical (unpaired) electrons. The van der Waals surface area contributed by atoms with Gasteiger partial charge in [-0.15, -0.1) is 12.4 Å². The van der Waals surface area contributed by atoms with Gasteiger partial charge in [0.1, 0.15) is 0 Å². The fourth-order valence-corrected chi connectivity index (χ4v) is 2.49. The molecule has 0 fully saturated rings. The minimum atomic E-state index is -0.282. The number of nitrogens with two attached hydrogens (primary N) is 1. The second-order valence-corrected chi connectivity index (χ2v) is 5.71. The molecule has 0 saturated carbocycles. The molecule has 0 aliphatic rings. The van der Waals surface area contributed by atoms with Crippen molar-refractivity contribution in [3.8, 4) is 11.1 Å². The van der Waals surface area contributed by atoms with Crippen LogP contribution in [0.15, 0.2) is 54.6 Å². The first-order chi connectivity index (χ1) is 10.6. The maximum absolute atomic E-state index is 11.5. The standard InChI is InChI=1S/C19H24N2O.ClH/c1-3-14(2)18(19(20)22)21-13-15-9-11-17(12-10-15)16-7-5-4-6-8-16;/h4-12,14,18,21H,3,13H2,1-2H3,(H2,20,22);1H/t14-,18-;/m0./s1. The van der Waals surface area contributed by atoms with Crippen LogP contribution in [0.25, 0.3) is 11.1 Å². The van der Waals surface area contributed by atoms with Crippen molar-refractivity contribution < 1.29 is 4.79 Å². The molecule has 0 saturated heterocycles. The molecular formula is C19H25ClN2O. The summed E-state index contributed by atoms with van der Waals surface area (Å²) in [5.74, 6) is -0.0450. The highest BCUT2D eigenvalue weighted by atomic mass is 35.5. The van der Waals surface area contributed by atoms with Crippen LogP contribution in [0.2, 0.25) is 0 Å². The van der Waals surface area contributed by atoms with Gasteiger partial charge < -0.3 is 11.1 Å². The Morgan fingerprint density at radius 2 is 1.61 bits per heavy atom. The summed E-state index contributed by atoms with van der Waals surface area (Å²) < 4.78 is 0. The highest BCUT2D eigenvalue weighted by molar-refractivity contribution is 5.85. The summed E-state index contributed by atoms with van der Waals surface area (Å²) in [5, 5.41) is 3.27. The van der Waals surface area contributed by atoms with E-state index in [0.717, 1.165) is 12.0 Å². The number of nitrogens with one attached hydrogen (secondary N) is 1. The number of hydrogen-bond donors (Lipinski definition) is 2. The molecule has 3 N–H and O–H groups in total. The van der Waals surface area contributed by atoms with Crippen molar-refractivity contribution in [3.05, 3.63) is 60.2 Å². The molecule has 2 rings (SSSR count). The van der Waals surface area contributed by atoms with E-state index in [9.17, 15) is 4.79 Å². The molecule has 2 atom stereocenters. The number of carbonyl (C=O) groups is 1. The first kappa shape index (κ1) is 19.2. The average molecular weight is 333 g/mol. The van der Waals surface area contributed by atoms with Crippen LogP contribution in [-0.2, 0) is 11.3 Å². The number of amides is 1. The van der Waals surface area contributed by atoms with Gasteiger partial charge in [-0.05, 0) is 22.6 Å². The average Bonchev–Trinajstić information content (AvgIpc) is 2.56. The molecule has 1 amide bonds. The molecule has 0 aromatic heterocycles. The number of halogens is 1. The molecule has 3 nitrogen and oxygen atoms in total. The first-order valence-corrected chi connectivity index (χ1v) is 7.79. The summed E-state index contributed by atoms with van der Waals surface area (Å²) in [4.78, 5) is 11.5. The molecular weight excluding hydrogens is 308 g/mol. The lowest BCUT2D eigenvalue weighted by molar-refractivity contribution is -0.121. The monoisotopic (exact) mass is 332 g/mol. The number of benzene rings is 2. The van der Waals surface area contributed by atoms with Crippen molar-refractivity contribution in [2.45, 2.75) is 32.9 Å². The summed E-state index contributed by atoms with van der Waals surface area (Å²) >= 11 is 0. The van der Waals surface area contributed by atoms with Crippen LogP contribution in [0.3, 0.4) is 0 Å². The molecule has 0 aliphatic carbocycles. The Kier molecular flexibility index (Phi) is 7.79. The molecule has 0 unspecified atom stereocenters. The predicted molar refractivity (Wildman–Crippen MR) is 98.4 cm³/mol. The van der Waals surface area contributed by atoms with Crippen molar-refractivity contribution in [2.75, 3.05) is 0 Å². The first-order valence-electron chi connectivity index (χ1n) is 7.79. The Labute approximate surface area is 144 Å².